The van der Waals surface area contributed by atoms with Crippen molar-refractivity contribution in [2.45, 2.75) is 39.7 Å². The van der Waals surface area contributed by atoms with E-state index >= 15 is 0 Å². The van der Waals surface area contributed by atoms with Gasteiger partial charge in [-0.2, -0.15) is 0 Å². The first-order valence-electron chi connectivity index (χ1n) is 13.4. The van der Waals surface area contributed by atoms with E-state index in [2.05, 4.69) is 31.3 Å². The first kappa shape index (κ1) is 24.9. The van der Waals surface area contributed by atoms with E-state index in [1.807, 2.05) is 30.0 Å². The number of aromatic nitrogens is 1. The summed E-state index contributed by atoms with van der Waals surface area (Å²) in [6.07, 6.45) is 2.17. The topological polar surface area (TPSA) is 80.8 Å². The van der Waals surface area contributed by atoms with Gasteiger partial charge >= 0.3 is 0 Å². The predicted octanol–water partition coefficient (Wildman–Crippen LogP) is 5.11. The summed E-state index contributed by atoms with van der Waals surface area (Å²) >= 11 is 1.56. The molecule has 1 N–H and O–H groups in total. The summed E-state index contributed by atoms with van der Waals surface area (Å²) in [5.41, 5.74) is 3.15. The second-order valence-electron chi connectivity index (χ2n) is 10.8. The third kappa shape index (κ3) is 4.55. The molecule has 3 aliphatic rings. The number of amides is 2. The molecule has 1 saturated heterocycles. The third-order valence-corrected chi connectivity index (χ3v) is 9.09. The van der Waals surface area contributed by atoms with E-state index < -0.39 is 0 Å². The Morgan fingerprint density at radius 3 is 2.76 bits per heavy atom. The summed E-state index contributed by atoms with van der Waals surface area (Å²) in [6, 6.07) is 13.5. The third-order valence-electron chi connectivity index (χ3n) is 8.07. The van der Waals surface area contributed by atoms with Gasteiger partial charge in [0.25, 0.3) is 11.8 Å². The molecule has 0 radical (unpaired) electrons. The molecule has 38 heavy (non-hydrogen) atoms. The largest absolute Gasteiger partial charge is 0.486 e. The number of rotatable bonds is 5. The van der Waals surface area contributed by atoms with Crippen LogP contribution in [0.4, 0.5) is 0 Å². The SMILES string of the molecule is Cc1cccc(-c2sc(C)nc2C(=O)N2C[C@@H]3CC(C)C[C@@H]3[C@H]2CNC(=O)c2cccc3c2OCCO3)c1. The maximum atomic E-state index is 14.1. The molecule has 2 aromatic carbocycles. The Bertz CT molecular complexity index is 1390. The number of nitrogens with zero attached hydrogens (tertiary/aromatic N) is 2. The lowest BCUT2D eigenvalue weighted by Crippen LogP contribution is -2.46. The van der Waals surface area contributed by atoms with Crippen LogP contribution < -0.4 is 14.8 Å². The first-order valence-corrected chi connectivity index (χ1v) is 14.2. The summed E-state index contributed by atoms with van der Waals surface area (Å²) < 4.78 is 11.4. The normalized spacial score (nSPS) is 23.8. The van der Waals surface area contributed by atoms with Crippen LogP contribution in [0.25, 0.3) is 10.4 Å². The number of carbonyl (C=O) groups excluding carboxylic acids is 2. The van der Waals surface area contributed by atoms with Gasteiger partial charge in [0.05, 0.1) is 21.5 Å². The lowest BCUT2D eigenvalue weighted by molar-refractivity contribution is 0.0692. The Morgan fingerprint density at radius 1 is 1.11 bits per heavy atom. The molecule has 1 aromatic heterocycles. The van der Waals surface area contributed by atoms with E-state index in [1.54, 1.807) is 23.5 Å². The van der Waals surface area contributed by atoms with Crippen LogP contribution in [0.5, 0.6) is 11.5 Å². The Morgan fingerprint density at radius 2 is 1.92 bits per heavy atom. The highest BCUT2D eigenvalue weighted by Crippen LogP contribution is 2.46. The summed E-state index contributed by atoms with van der Waals surface area (Å²) in [4.78, 5) is 35.0. The van der Waals surface area contributed by atoms with Gasteiger partial charge in [0.1, 0.15) is 18.9 Å². The molecule has 0 bridgehead atoms. The highest BCUT2D eigenvalue weighted by molar-refractivity contribution is 7.15. The van der Waals surface area contributed by atoms with E-state index in [0.717, 1.165) is 33.9 Å². The molecular weight excluding hydrogens is 498 g/mol. The molecule has 3 heterocycles. The molecule has 2 fully saturated rings. The van der Waals surface area contributed by atoms with Gasteiger partial charge in [-0.3, -0.25) is 9.59 Å². The van der Waals surface area contributed by atoms with Crippen LogP contribution in [0.2, 0.25) is 0 Å². The minimum absolute atomic E-state index is 0.0408. The van der Waals surface area contributed by atoms with Crippen LogP contribution in [-0.2, 0) is 0 Å². The lowest BCUT2D eigenvalue weighted by Gasteiger charge is -2.29. The molecule has 3 aromatic rings. The van der Waals surface area contributed by atoms with Crippen molar-refractivity contribution in [1.29, 1.82) is 0 Å². The second kappa shape index (κ2) is 10.1. The van der Waals surface area contributed by atoms with Gasteiger partial charge in [-0.25, -0.2) is 4.98 Å². The predicted molar refractivity (Wildman–Crippen MR) is 147 cm³/mol. The van der Waals surface area contributed by atoms with Gasteiger partial charge in [0.15, 0.2) is 11.5 Å². The average molecular weight is 532 g/mol. The molecule has 0 spiro atoms. The number of hydrogen-bond donors (Lipinski definition) is 1. The minimum atomic E-state index is -0.209. The molecule has 2 amide bonds. The monoisotopic (exact) mass is 531 g/mol. The van der Waals surface area contributed by atoms with Crippen LogP contribution in [0, 0.1) is 31.6 Å². The van der Waals surface area contributed by atoms with Crippen molar-refractivity contribution in [3.63, 3.8) is 0 Å². The molecule has 2 aliphatic heterocycles. The van der Waals surface area contributed by atoms with Gasteiger partial charge in [0.2, 0.25) is 0 Å². The highest BCUT2D eigenvalue weighted by atomic mass is 32.1. The number of nitrogens with one attached hydrogen (secondary N) is 1. The first-order chi connectivity index (χ1) is 18.4. The molecule has 7 nitrogen and oxygen atoms in total. The van der Waals surface area contributed by atoms with Crippen LogP contribution in [-0.4, -0.2) is 54.0 Å². The maximum absolute atomic E-state index is 14.1. The molecule has 1 aliphatic carbocycles. The smallest absolute Gasteiger partial charge is 0.274 e. The lowest BCUT2D eigenvalue weighted by atomic mass is 9.93. The molecule has 198 valence electrons. The van der Waals surface area contributed by atoms with E-state index in [4.69, 9.17) is 14.5 Å². The van der Waals surface area contributed by atoms with Crippen LogP contribution in [0.15, 0.2) is 42.5 Å². The fourth-order valence-corrected chi connectivity index (χ4v) is 7.38. The minimum Gasteiger partial charge on any atom is -0.486 e. The van der Waals surface area contributed by atoms with Crippen molar-refractivity contribution in [3.05, 3.63) is 64.3 Å². The maximum Gasteiger partial charge on any atom is 0.274 e. The zero-order valence-electron chi connectivity index (χ0n) is 22.0. The highest BCUT2D eigenvalue weighted by Gasteiger charge is 2.48. The average Bonchev–Trinajstić information content (AvgIpc) is 3.58. The number of para-hydroxylation sites is 1. The van der Waals surface area contributed by atoms with Crippen LogP contribution >= 0.6 is 11.3 Å². The molecule has 1 saturated carbocycles. The van der Waals surface area contributed by atoms with Crippen molar-refractivity contribution >= 4 is 23.2 Å². The van der Waals surface area contributed by atoms with E-state index in [-0.39, 0.29) is 17.9 Å². The number of ether oxygens (including phenoxy) is 2. The summed E-state index contributed by atoms with van der Waals surface area (Å²) in [7, 11) is 0. The van der Waals surface area contributed by atoms with Crippen molar-refractivity contribution < 1.29 is 19.1 Å². The number of fused-ring (bicyclic) bond motifs is 2. The van der Waals surface area contributed by atoms with Crippen molar-refractivity contribution in [2.24, 2.45) is 17.8 Å². The Labute approximate surface area is 227 Å². The summed E-state index contributed by atoms with van der Waals surface area (Å²) in [5, 5.41) is 4.00. The number of thiazole rings is 1. The number of hydrogen-bond acceptors (Lipinski definition) is 6. The van der Waals surface area contributed by atoms with E-state index in [9.17, 15) is 9.59 Å². The quantitative estimate of drug-likeness (QED) is 0.495. The van der Waals surface area contributed by atoms with Crippen LogP contribution in [0.1, 0.15) is 51.2 Å². The number of aryl methyl sites for hydroxylation is 2. The number of likely N-dealkylation sites (tertiary alicyclic amines) is 1. The Balaban J connectivity index is 1.26. The molecular formula is C30H33N3O4S. The van der Waals surface area contributed by atoms with Gasteiger partial charge in [-0.1, -0.05) is 42.8 Å². The summed E-state index contributed by atoms with van der Waals surface area (Å²) in [6.45, 7) is 8.28. The Hall–Kier alpha value is -3.39. The molecule has 6 rings (SSSR count). The van der Waals surface area contributed by atoms with Gasteiger partial charge in [0, 0.05) is 13.1 Å². The molecule has 8 heteroatoms. The second-order valence-corrected chi connectivity index (χ2v) is 12.0. The van der Waals surface area contributed by atoms with Crippen molar-refractivity contribution in [3.8, 4) is 21.9 Å². The fraction of sp³-hybridized carbons (Fsp3) is 0.433. The van der Waals surface area contributed by atoms with Crippen LogP contribution in [0.3, 0.4) is 0 Å². The van der Waals surface area contributed by atoms with E-state index in [1.165, 1.54) is 0 Å². The van der Waals surface area contributed by atoms with Gasteiger partial charge in [-0.05, 0) is 62.1 Å². The van der Waals surface area contributed by atoms with Crippen molar-refractivity contribution in [1.82, 2.24) is 15.2 Å². The summed E-state index contributed by atoms with van der Waals surface area (Å²) in [5.74, 6) is 2.26. The number of carbonyl (C=O) groups is 2. The fourth-order valence-electron chi connectivity index (χ4n) is 6.48. The Kier molecular flexibility index (Phi) is 6.60. The zero-order chi connectivity index (χ0) is 26.4. The van der Waals surface area contributed by atoms with E-state index in [0.29, 0.717) is 66.8 Å². The zero-order valence-corrected chi connectivity index (χ0v) is 22.8. The van der Waals surface area contributed by atoms with Crippen molar-refractivity contribution in [2.75, 3.05) is 26.3 Å². The van der Waals surface area contributed by atoms with Gasteiger partial charge in [-0.15, -0.1) is 11.3 Å². The molecule has 4 atom stereocenters. The van der Waals surface area contributed by atoms with Gasteiger partial charge < -0.3 is 19.7 Å². The number of benzene rings is 2. The standard InChI is InChI=1S/C30H33N3O4S/c1-17-6-4-7-20(12-17)28-26(32-19(3)38-28)30(35)33-16-21-13-18(2)14-23(21)24(33)15-31-29(34)22-8-5-9-25-27(22)37-11-10-36-25/h4-9,12,18,21,23-24H,10-11,13-16H2,1-3H3,(H,31,34)/t18?,21-,23-,24+/m0/s1. The molecule has 1 unspecified atom stereocenters.